The summed E-state index contributed by atoms with van der Waals surface area (Å²) >= 11 is 0. The van der Waals surface area contributed by atoms with E-state index in [1.54, 1.807) is 12.1 Å². The molecule has 5 rings (SSSR count). The van der Waals surface area contributed by atoms with Gasteiger partial charge in [-0.25, -0.2) is 4.79 Å². The number of aromatic nitrogens is 1. The predicted molar refractivity (Wildman–Crippen MR) is 146 cm³/mol. The second kappa shape index (κ2) is 10.5. The Balaban J connectivity index is 1.32. The second-order valence-electron chi connectivity index (χ2n) is 9.37. The molecule has 194 valence electrons. The highest BCUT2D eigenvalue weighted by atomic mass is 16.6. The average Bonchev–Trinajstić information content (AvgIpc) is 3.23. The van der Waals surface area contributed by atoms with E-state index in [9.17, 15) is 9.59 Å². The lowest BCUT2D eigenvalue weighted by atomic mass is 10.1. The molecule has 0 aliphatic carbocycles. The molecule has 0 unspecified atom stereocenters. The van der Waals surface area contributed by atoms with Crippen molar-refractivity contribution in [2.75, 3.05) is 25.1 Å². The molecule has 0 bridgehead atoms. The van der Waals surface area contributed by atoms with Crippen molar-refractivity contribution in [1.29, 1.82) is 0 Å². The Kier molecular flexibility index (Phi) is 6.92. The van der Waals surface area contributed by atoms with Gasteiger partial charge >= 0.3 is 5.97 Å². The summed E-state index contributed by atoms with van der Waals surface area (Å²) in [5.74, 6) is 0.553. The van der Waals surface area contributed by atoms with Gasteiger partial charge in [-0.2, -0.15) is 0 Å². The van der Waals surface area contributed by atoms with Crippen LogP contribution in [0, 0.1) is 27.7 Å². The van der Waals surface area contributed by atoms with E-state index in [2.05, 4.69) is 5.32 Å². The Morgan fingerprint density at radius 3 is 2.39 bits per heavy atom. The number of ether oxygens (including phenoxy) is 3. The van der Waals surface area contributed by atoms with Crippen LogP contribution in [-0.2, 0) is 4.74 Å². The summed E-state index contributed by atoms with van der Waals surface area (Å²) in [6, 6.07) is 20.6. The number of carbonyl (C=O) groups excluding carboxylic acids is 2. The van der Waals surface area contributed by atoms with E-state index in [4.69, 9.17) is 14.2 Å². The van der Waals surface area contributed by atoms with Crippen molar-refractivity contribution in [1.82, 2.24) is 4.57 Å². The van der Waals surface area contributed by atoms with Crippen LogP contribution in [0.2, 0.25) is 0 Å². The minimum absolute atomic E-state index is 0.268. The number of benzene rings is 3. The van der Waals surface area contributed by atoms with Gasteiger partial charge in [-0.15, -0.1) is 0 Å². The van der Waals surface area contributed by atoms with Crippen LogP contribution >= 0.6 is 0 Å². The quantitative estimate of drug-likeness (QED) is 0.233. The van der Waals surface area contributed by atoms with E-state index in [0.717, 1.165) is 33.9 Å². The monoisotopic (exact) mass is 510 g/mol. The molecule has 0 saturated carbocycles. The van der Waals surface area contributed by atoms with Crippen LogP contribution < -0.4 is 14.8 Å². The van der Waals surface area contributed by atoms with Gasteiger partial charge in [-0.05, 0) is 75.2 Å². The van der Waals surface area contributed by atoms with Gasteiger partial charge in [0, 0.05) is 34.4 Å². The van der Waals surface area contributed by atoms with Crippen molar-refractivity contribution >= 4 is 23.1 Å². The van der Waals surface area contributed by atoms with Crippen molar-refractivity contribution < 1.29 is 23.8 Å². The number of ketones is 1. The number of nitrogens with zero attached hydrogens (tertiary/aromatic N) is 1. The first-order valence-corrected chi connectivity index (χ1v) is 12.5. The van der Waals surface area contributed by atoms with E-state index < -0.39 is 5.97 Å². The summed E-state index contributed by atoms with van der Waals surface area (Å²) in [6.45, 7) is 8.54. The molecule has 1 aliphatic heterocycles. The summed E-state index contributed by atoms with van der Waals surface area (Å²) < 4.78 is 18.8. The maximum absolute atomic E-state index is 13.1. The Labute approximate surface area is 222 Å². The highest BCUT2D eigenvalue weighted by molar-refractivity contribution is 6.02. The third kappa shape index (κ3) is 4.87. The minimum atomic E-state index is -0.563. The van der Waals surface area contributed by atoms with E-state index in [0.29, 0.717) is 41.5 Å². The number of Topliss-reactive ketones (excluding diaryl/α,β-unsaturated/α-hetero) is 1. The van der Waals surface area contributed by atoms with Crippen molar-refractivity contribution in [3.8, 4) is 17.2 Å². The lowest BCUT2D eigenvalue weighted by Crippen LogP contribution is -2.16. The van der Waals surface area contributed by atoms with Gasteiger partial charge in [0.25, 0.3) is 0 Å². The van der Waals surface area contributed by atoms with Crippen LogP contribution in [0.15, 0.2) is 66.7 Å². The Morgan fingerprint density at radius 2 is 1.58 bits per heavy atom. The van der Waals surface area contributed by atoms with Crippen LogP contribution in [-0.4, -0.2) is 36.1 Å². The molecule has 2 heterocycles. The molecule has 7 heteroatoms. The third-order valence-electron chi connectivity index (χ3n) is 6.87. The zero-order valence-electron chi connectivity index (χ0n) is 22.0. The number of rotatable bonds is 7. The zero-order chi connectivity index (χ0) is 26.8. The average molecular weight is 511 g/mol. The summed E-state index contributed by atoms with van der Waals surface area (Å²) in [6.07, 6.45) is 0. The maximum atomic E-state index is 13.1. The lowest BCUT2D eigenvalue weighted by Gasteiger charge is -2.20. The number of hydrogen-bond acceptors (Lipinski definition) is 6. The minimum Gasteiger partial charge on any atom is -0.486 e. The molecule has 4 aromatic rings. The predicted octanol–water partition coefficient (Wildman–Crippen LogP) is 6.27. The number of fused-ring (bicyclic) bond motifs is 1. The molecule has 3 aromatic carbocycles. The Hall–Kier alpha value is -4.52. The van der Waals surface area contributed by atoms with Crippen LogP contribution in [0.3, 0.4) is 0 Å². The smallest absolute Gasteiger partial charge is 0.340 e. The number of nitrogens with one attached hydrogen (secondary N) is 1. The van der Waals surface area contributed by atoms with Crippen molar-refractivity contribution in [3.05, 3.63) is 100 Å². The van der Waals surface area contributed by atoms with Gasteiger partial charge < -0.3 is 24.1 Å². The molecule has 0 amide bonds. The SMILES string of the molecule is Cc1cccc(Nc2ccccc2C(=O)OCC(=O)c2cc(C)n(-c3ccc4c(c3)OCCO4)c2C)c1C. The fourth-order valence-corrected chi connectivity index (χ4v) is 4.70. The van der Waals surface area contributed by atoms with Crippen LogP contribution in [0.25, 0.3) is 5.69 Å². The van der Waals surface area contributed by atoms with Gasteiger partial charge in [-0.1, -0.05) is 24.3 Å². The first-order valence-electron chi connectivity index (χ1n) is 12.5. The number of anilines is 2. The number of carbonyl (C=O) groups is 2. The van der Waals surface area contributed by atoms with Gasteiger partial charge in [0.15, 0.2) is 18.1 Å². The first-order chi connectivity index (χ1) is 18.3. The fourth-order valence-electron chi connectivity index (χ4n) is 4.70. The molecule has 1 aliphatic rings. The molecule has 1 aromatic heterocycles. The van der Waals surface area contributed by atoms with Crippen molar-refractivity contribution in [3.63, 3.8) is 0 Å². The molecule has 1 N–H and O–H groups in total. The van der Waals surface area contributed by atoms with E-state index in [1.165, 1.54) is 0 Å². The molecule has 0 fully saturated rings. The number of hydrogen-bond donors (Lipinski definition) is 1. The normalized spacial score (nSPS) is 12.2. The van der Waals surface area contributed by atoms with Crippen LogP contribution in [0.1, 0.15) is 43.2 Å². The van der Waals surface area contributed by atoms with Gasteiger partial charge in [0.2, 0.25) is 5.78 Å². The summed E-state index contributed by atoms with van der Waals surface area (Å²) in [5, 5.41) is 3.33. The molecule has 0 spiro atoms. The van der Waals surface area contributed by atoms with Crippen molar-refractivity contribution in [2.24, 2.45) is 0 Å². The zero-order valence-corrected chi connectivity index (χ0v) is 22.0. The second-order valence-corrected chi connectivity index (χ2v) is 9.37. The van der Waals surface area contributed by atoms with E-state index >= 15 is 0 Å². The molecular weight excluding hydrogens is 480 g/mol. The summed E-state index contributed by atoms with van der Waals surface area (Å²) in [4.78, 5) is 26.2. The molecule has 0 radical (unpaired) electrons. The first kappa shape index (κ1) is 25.1. The molecule has 7 nitrogen and oxygen atoms in total. The molecular formula is C31H30N2O5. The topological polar surface area (TPSA) is 78.8 Å². The third-order valence-corrected chi connectivity index (χ3v) is 6.87. The standard InChI is InChI=1S/C31H30N2O5/c1-19-8-7-11-26(21(19)3)32-27-10-6-5-9-24(27)31(35)38-18-28(34)25-16-20(2)33(22(25)4)23-12-13-29-30(17-23)37-15-14-36-29/h5-13,16-17,32H,14-15,18H2,1-4H3. The number of para-hydroxylation sites is 1. The van der Waals surface area contributed by atoms with Crippen LogP contribution in [0.4, 0.5) is 11.4 Å². The Morgan fingerprint density at radius 1 is 0.842 bits per heavy atom. The van der Waals surface area contributed by atoms with Crippen LogP contribution in [0.5, 0.6) is 11.5 Å². The number of esters is 1. The summed E-state index contributed by atoms with van der Waals surface area (Å²) in [5.41, 5.74) is 7.16. The van der Waals surface area contributed by atoms with E-state index in [1.807, 2.05) is 86.9 Å². The van der Waals surface area contributed by atoms with E-state index in [-0.39, 0.29) is 12.4 Å². The summed E-state index contributed by atoms with van der Waals surface area (Å²) in [7, 11) is 0. The van der Waals surface area contributed by atoms with Gasteiger partial charge in [-0.3, -0.25) is 4.79 Å². The molecule has 38 heavy (non-hydrogen) atoms. The molecule has 0 saturated heterocycles. The fraction of sp³-hybridized carbons (Fsp3) is 0.226. The Bertz CT molecular complexity index is 1540. The molecule has 0 atom stereocenters. The number of aryl methyl sites for hydroxylation is 2. The lowest BCUT2D eigenvalue weighted by molar-refractivity contribution is 0.0475. The van der Waals surface area contributed by atoms with Crippen molar-refractivity contribution in [2.45, 2.75) is 27.7 Å². The maximum Gasteiger partial charge on any atom is 0.340 e. The highest BCUT2D eigenvalue weighted by Crippen LogP contribution is 2.33. The largest absolute Gasteiger partial charge is 0.486 e. The highest BCUT2D eigenvalue weighted by Gasteiger charge is 2.21. The van der Waals surface area contributed by atoms with Gasteiger partial charge in [0.05, 0.1) is 11.3 Å². The van der Waals surface area contributed by atoms with Gasteiger partial charge in [0.1, 0.15) is 13.2 Å².